The van der Waals surface area contributed by atoms with Crippen molar-refractivity contribution in [1.82, 2.24) is 9.62 Å². The smallest absolute Gasteiger partial charge is 0.323 e. The van der Waals surface area contributed by atoms with Crippen molar-refractivity contribution >= 4 is 33.4 Å². The number of amidine groups is 1. The van der Waals surface area contributed by atoms with Crippen LogP contribution < -0.4 is 10.5 Å². The van der Waals surface area contributed by atoms with E-state index in [0.29, 0.717) is 43.6 Å². The van der Waals surface area contributed by atoms with Gasteiger partial charge in [0.2, 0.25) is 10.0 Å². The topological polar surface area (TPSA) is 166 Å². The number of amides is 1. The van der Waals surface area contributed by atoms with E-state index in [0.717, 1.165) is 11.1 Å². The molecular formula is C25H29N5O5S. The normalized spacial score (nSPS) is 18.7. The third kappa shape index (κ3) is 5.38. The summed E-state index contributed by atoms with van der Waals surface area (Å²) >= 11 is 0. The quantitative estimate of drug-likeness (QED) is 0.308. The molecule has 190 valence electrons. The molecule has 2 aliphatic heterocycles. The summed E-state index contributed by atoms with van der Waals surface area (Å²) in [6.07, 6.45) is 1.49. The second-order valence-electron chi connectivity index (χ2n) is 9.44. The van der Waals surface area contributed by atoms with Gasteiger partial charge in [-0.25, -0.2) is 13.4 Å². The molecule has 36 heavy (non-hydrogen) atoms. The predicted molar refractivity (Wildman–Crippen MR) is 135 cm³/mol. The van der Waals surface area contributed by atoms with Crippen molar-refractivity contribution < 1.29 is 23.1 Å². The molecule has 0 bridgehead atoms. The molecule has 1 fully saturated rings. The number of sulfonamides is 1. The monoisotopic (exact) mass is 511 g/mol. The number of likely N-dealkylation sites (tertiary alicyclic amines) is 1. The van der Waals surface area contributed by atoms with Crippen molar-refractivity contribution in [3.63, 3.8) is 0 Å². The van der Waals surface area contributed by atoms with Gasteiger partial charge in [0, 0.05) is 18.5 Å². The Hall–Kier alpha value is -3.41. The van der Waals surface area contributed by atoms with Gasteiger partial charge in [-0.15, -0.1) is 0 Å². The summed E-state index contributed by atoms with van der Waals surface area (Å²) < 4.78 is 27.8. The van der Waals surface area contributed by atoms with Gasteiger partial charge in [-0.1, -0.05) is 36.4 Å². The first-order valence-corrected chi connectivity index (χ1v) is 13.1. The standard InChI is InChI=1S/C25H29N5O5S/c1-16-3-2-4-19(13-16)36(34,35)29-21(23(31)32)15-30-11-9-25(10-12-30)14-20(28-24(25)33)17-5-7-18(8-6-17)22(26)27/h2-8,13,21,29H,9-12,14-15H2,1H3,(H3,26,27)(H,31,32)/t21-/m1/s1. The maximum absolute atomic E-state index is 12.9. The minimum absolute atomic E-state index is 0.00906. The fourth-order valence-corrected chi connectivity index (χ4v) is 5.99. The molecule has 4 rings (SSSR count). The number of hydrogen-bond acceptors (Lipinski definition) is 6. The Morgan fingerprint density at radius 1 is 1.22 bits per heavy atom. The molecule has 0 saturated carbocycles. The van der Waals surface area contributed by atoms with Gasteiger partial charge in [0.25, 0.3) is 5.91 Å². The maximum Gasteiger partial charge on any atom is 0.323 e. The van der Waals surface area contributed by atoms with E-state index in [2.05, 4.69) is 9.71 Å². The van der Waals surface area contributed by atoms with Crippen LogP contribution in [0.1, 0.15) is 36.0 Å². The molecule has 1 spiro atoms. The zero-order valence-electron chi connectivity index (χ0n) is 19.9. The highest BCUT2D eigenvalue weighted by molar-refractivity contribution is 7.89. The van der Waals surface area contributed by atoms with Crippen molar-refractivity contribution in [2.45, 2.75) is 37.1 Å². The van der Waals surface area contributed by atoms with E-state index in [9.17, 15) is 23.1 Å². The van der Waals surface area contributed by atoms with Gasteiger partial charge in [-0.3, -0.25) is 15.0 Å². The summed E-state index contributed by atoms with van der Waals surface area (Å²) in [7, 11) is -4.01. The van der Waals surface area contributed by atoms with Crippen LogP contribution in [0, 0.1) is 17.7 Å². The molecule has 1 amide bonds. The number of carboxylic acids is 1. The van der Waals surface area contributed by atoms with Crippen LogP contribution in [-0.2, 0) is 19.6 Å². The van der Waals surface area contributed by atoms with Crippen LogP contribution in [-0.4, -0.2) is 67.5 Å². The molecule has 0 radical (unpaired) electrons. The highest BCUT2D eigenvalue weighted by atomic mass is 32.2. The first-order chi connectivity index (χ1) is 17.0. The molecule has 1 atom stereocenters. The van der Waals surface area contributed by atoms with E-state index < -0.39 is 27.4 Å². The van der Waals surface area contributed by atoms with Gasteiger partial charge in [0.15, 0.2) is 0 Å². The first kappa shape index (κ1) is 25.7. The molecule has 0 aromatic heterocycles. The van der Waals surface area contributed by atoms with Crippen LogP contribution in [0.5, 0.6) is 0 Å². The van der Waals surface area contributed by atoms with E-state index in [1.54, 1.807) is 43.3 Å². The Bertz CT molecular complexity index is 1330. The number of carbonyl (C=O) groups excluding carboxylic acids is 1. The highest BCUT2D eigenvalue weighted by Gasteiger charge is 2.46. The van der Waals surface area contributed by atoms with Gasteiger partial charge in [-0.05, 0) is 56.1 Å². The predicted octanol–water partition coefficient (Wildman–Crippen LogP) is 1.51. The molecule has 11 heteroatoms. The Morgan fingerprint density at radius 3 is 2.47 bits per heavy atom. The number of carboxylic acid groups (broad SMARTS) is 1. The largest absolute Gasteiger partial charge is 0.480 e. The molecule has 2 aromatic carbocycles. The Balaban J connectivity index is 1.39. The van der Waals surface area contributed by atoms with Crippen molar-refractivity contribution in [1.29, 1.82) is 5.41 Å². The lowest BCUT2D eigenvalue weighted by Crippen LogP contribution is -2.51. The van der Waals surface area contributed by atoms with Gasteiger partial charge in [0.05, 0.1) is 16.0 Å². The Morgan fingerprint density at radius 2 is 1.89 bits per heavy atom. The van der Waals surface area contributed by atoms with Gasteiger partial charge >= 0.3 is 5.97 Å². The number of carbonyl (C=O) groups is 2. The summed E-state index contributed by atoms with van der Waals surface area (Å²) in [4.78, 5) is 30.9. The van der Waals surface area contributed by atoms with Crippen LogP contribution in [0.4, 0.5) is 0 Å². The molecule has 1 saturated heterocycles. The van der Waals surface area contributed by atoms with Crippen molar-refractivity contribution in [2.75, 3.05) is 19.6 Å². The number of nitrogen functional groups attached to an aromatic ring is 1. The lowest BCUT2D eigenvalue weighted by molar-refractivity contribution is -0.140. The third-order valence-electron chi connectivity index (χ3n) is 6.87. The van der Waals surface area contributed by atoms with Crippen molar-refractivity contribution in [3.05, 3.63) is 65.2 Å². The lowest BCUT2D eigenvalue weighted by Gasteiger charge is -2.38. The molecule has 2 aromatic rings. The van der Waals surface area contributed by atoms with E-state index >= 15 is 0 Å². The second kappa shape index (κ2) is 9.92. The number of aliphatic imine (C=N–C) groups is 1. The number of nitrogens with zero attached hydrogens (tertiary/aromatic N) is 2. The van der Waals surface area contributed by atoms with Gasteiger partial charge < -0.3 is 15.7 Å². The molecule has 2 aliphatic rings. The lowest BCUT2D eigenvalue weighted by atomic mass is 9.75. The van der Waals surface area contributed by atoms with Crippen molar-refractivity contribution in [3.8, 4) is 0 Å². The number of nitrogens with one attached hydrogen (secondary N) is 2. The van der Waals surface area contributed by atoms with Gasteiger partial charge in [-0.2, -0.15) is 4.72 Å². The number of rotatable bonds is 8. The number of nitrogens with two attached hydrogens (primary N) is 1. The minimum atomic E-state index is -4.01. The van der Waals surface area contributed by atoms with Crippen LogP contribution >= 0.6 is 0 Å². The number of piperidine rings is 1. The maximum atomic E-state index is 12.9. The van der Waals surface area contributed by atoms with Crippen LogP contribution in [0.3, 0.4) is 0 Å². The first-order valence-electron chi connectivity index (χ1n) is 11.6. The molecular weight excluding hydrogens is 482 g/mol. The molecule has 0 unspecified atom stereocenters. The molecule has 5 N–H and O–H groups in total. The Labute approximate surface area is 209 Å². The number of benzene rings is 2. The number of aliphatic carboxylic acids is 1. The summed E-state index contributed by atoms with van der Waals surface area (Å²) in [6, 6.07) is 12.0. The van der Waals surface area contributed by atoms with E-state index in [1.807, 2.05) is 4.90 Å². The SMILES string of the molecule is Cc1cccc(S(=O)(=O)N[C@H](CN2CCC3(CC2)CC(c2ccc(C(=N)N)cc2)=NC3=O)C(=O)O)c1. The third-order valence-corrected chi connectivity index (χ3v) is 8.34. The average Bonchev–Trinajstić information content (AvgIpc) is 3.15. The summed E-state index contributed by atoms with van der Waals surface area (Å²) in [5, 5.41) is 17.2. The minimum Gasteiger partial charge on any atom is -0.480 e. The van der Waals surface area contributed by atoms with Gasteiger partial charge in [0.1, 0.15) is 11.9 Å². The molecule has 0 aliphatic carbocycles. The number of aryl methyl sites for hydroxylation is 1. The zero-order valence-corrected chi connectivity index (χ0v) is 20.7. The fourth-order valence-electron chi connectivity index (χ4n) is 4.70. The van der Waals surface area contributed by atoms with E-state index in [4.69, 9.17) is 11.1 Å². The molecule has 10 nitrogen and oxygen atoms in total. The summed E-state index contributed by atoms with van der Waals surface area (Å²) in [6.45, 7) is 2.66. The van der Waals surface area contributed by atoms with E-state index in [-0.39, 0.29) is 23.2 Å². The number of hydrogen-bond donors (Lipinski definition) is 4. The molecule has 2 heterocycles. The van der Waals surface area contributed by atoms with Crippen LogP contribution in [0.15, 0.2) is 58.4 Å². The highest BCUT2D eigenvalue weighted by Crippen LogP contribution is 2.41. The van der Waals surface area contributed by atoms with E-state index in [1.165, 1.54) is 12.1 Å². The average molecular weight is 512 g/mol. The Kier molecular flexibility index (Phi) is 7.07. The second-order valence-corrected chi connectivity index (χ2v) is 11.2. The fraction of sp³-hybridized carbons (Fsp3) is 0.360. The van der Waals surface area contributed by atoms with Crippen LogP contribution in [0.25, 0.3) is 0 Å². The van der Waals surface area contributed by atoms with Crippen LogP contribution in [0.2, 0.25) is 0 Å². The zero-order chi connectivity index (χ0) is 26.1. The van der Waals surface area contributed by atoms with Crippen molar-refractivity contribution in [2.24, 2.45) is 16.1 Å². The summed E-state index contributed by atoms with van der Waals surface area (Å²) in [5.74, 6) is -1.47. The summed E-state index contributed by atoms with van der Waals surface area (Å²) in [5.41, 5.74) is 7.72.